The second-order valence-electron chi connectivity index (χ2n) is 10.7. The third-order valence-corrected chi connectivity index (χ3v) is 8.26. The molecular formula is C28H27F2N3O5S. The smallest absolute Gasteiger partial charge is 0.287 e. The molecule has 0 unspecified atom stereocenters. The van der Waals surface area contributed by atoms with E-state index < -0.39 is 51.5 Å². The van der Waals surface area contributed by atoms with Crippen molar-refractivity contribution in [2.24, 2.45) is 0 Å². The Morgan fingerprint density at radius 3 is 2.18 bits per heavy atom. The van der Waals surface area contributed by atoms with Gasteiger partial charge < -0.3 is 15.1 Å². The molecule has 2 N–H and O–H groups in total. The summed E-state index contributed by atoms with van der Waals surface area (Å²) in [5, 5.41) is 15.3. The largest absolute Gasteiger partial charge is 0.451 e. The molecule has 2 aromatic carbocycles. The zero-order valence-corrected chi connectivity index (χ0v) is 22.0. The van der Waals surface area contributed by atoms with Crippen LogP contribution in [0.15, 0.2) is 52.9 Å². The van der Waals surface area contributed by atoms with E-state index in [9.17, 15) is 32.0 Å². The Morgan fingerprint density at radius 2 is 1.59 bits per heavy atom. The molecule has 8 nitrogen and oxygen atoms in total. The number of fused-ring (bicyclic) bond motifs is 1. The summed E-state index contributed by atoms with van der Waals surface area (Å²) in [7, 11) is -3.15. The highest BCUT2D eigenvalue weighted by Crippen LogP contribution is 2.41. The number of benzene rings is 2. The Bertz CT molecular complexity index is 1590. The first-order chi connectivity index (χ1) is 18.3. The summed E-state index contributed by atoms with van der Waals surface area (Å²) in [5.74, 6) is -4.41. The van der Waals surface area contributed by atoms with Crippen LogP contribution in [0.25, 0.3) is 22.1 Å². The zero-order valence-electron chi connectivity index (χ0n) is 21.2. The summed E-state index contributed by atoms with van der Waals surface area (Å²) in [5.41, 5.74) is 0.0949. The van der Waals surface area contributed by atoms with Gasteiger partial charge in [0.15, 0.2) is 15.6 Å². The van der Waals surface area contributed by atoms with Crippen molar-refractivity contribution in [2.45, 2.75) is 61.3 Å². The van der Waals surface area contributed by atoms with Crippen LogP contribution in [-0.4, -0.2) is 43.5 Å². The third kappa shape index (κ3) is 5.81. The predicted molar refractivity (Wildman–Crippen MR) is 140 cm³/mol. The van der Waals surface area contributed by atoms with Crippen LogP contribution in [0.2, 0.25) is 0 Å². The molecule has 2 aliphatic rings. The van der Waals surface area contributed by atoms with Gasteiger partial charge in [-0.3, -0.25) is 9.59 Å². The lowest BCUT2D eigenvalue weighted by atomic mass is 9.78. The van der Waals surface area contributed by atoms with Crippen molar-refractivity contribution >= 4 is 32.6 Å². The summed E-state index contributed by atoms with van der Waals surface area (Å²) in [4.78, 5) is 26.4. The molecule has 1 heterocycles. The normalized spacial score (nSPS) is 19.1. The maximum Gasteiger partial charge on any atom is 0.287 e. The number of nitrogens with one attached hydrogen (secondary N) is 2. The average molecular weight is 556 g/mol. The third-order valence-electron chi connectivity index (χ3n) is 7.40. The van der Waals surface area contributed by atoms with Crippen molar-refractivity contribution in [3.05, 3.63) is 59.9 Å². The van der Waals surface area contributed by atoms with Gasteiger partial charge in [-0.05, 0) is 54.5 Å². The number of amides is 2. The van der Waals surface area contributed by atoms with Crippen LogP contribution in [0, 0.1) is 11.3 Å². The molecule has 5 rings (SSSR count). The van der Waals surface area contributed by atoms with E-state index >= 15 is 0 Å². The topological polar surface area (TPSA) is 129 Å². The molecule has 0 aliphatic heterocycles. The highest BCUT2D eigenvalue weighted by Gasteiger charge is 2.53. The monoisotopic (exact) mass is 555 g/mol. The van der Waals surface area contributed by atoms with Crippen LogP contribution in [0.3, 0.4) is 0 Å². The van der Waals surface area contributed by atoms with E-state index in [2.05, 4.69) is 16.7 Å². The SMILES string of the molecule is CS(=O)(=O)Cc1ccc(-c2ccc3cc(C(=O)NC4(C(=O)NC5(C#N)CC5)CCC(F)(F)CC4)oc3c2)cc1. The number of furan rings is 1. The van der Waals surface area contributed by atoms with Gasteiger partial charge in [-0.25, -0.2) is 17.2 Å². The van der Waals surface area contributed by atoms with Crippen LogP contribution < -0.4 is 10.6 Å². The molecule has 39 heavy (non-hydrogen) atoms. The van der Waals surface area contributed by atoms with Crippen molar-refractivity contribution in [3.63, 3.8) is 0 Å². The van der Waals surface area contributed by atoms with Gasteiger partial charge in [0.2, 0.25) is 11.8 Å². The van der Waals surface area contributed by atoms with Gasteiger partial charge in [0.05, 0.1) is 11.8 Å². The van der Waals surface area contributed by atoms with E-state index in [1.807, 2.05) is 6.07 Å². The van der Waals surface area contributed by atoms with Crippen molar-refractivity contribution in [3.8, 4) is 17.2 Å². The summed E-state index contributed by atoms with van der Waals surface area (Å²) >= 11 is 0. The number of nitriles is 1. The van der Waals surface area contributed by atoms with E-state index in [0.29, 0.717) is 29.4 Å². The Kier molecular flexibility index (Phi) is 6.50. The zero-order chi connectivity index (χ0) is 28.1. The van der Waals surface area contributed by atoms with Gasteiger partial charge in [-0.1, -0.05) is 36.4 Å². The molecule has 11 heteroatoms. The molecule has 0 spiro atoms. The van der Waals surface area contributed by atoms with Gasteiger partial charge in [-0.2, -0.15) is 5.26 Å². The first-order valence-electron chi connectivity index (χ1n) is 12.6. The Hall–Kier alpha value is -3.78. The summed E-state index contributed by atoms with van der Waals surface area (Å²) in [6, 6.07) is 16.0. The lowest BCUT2D eigenvalue weighted by Gasteiger charge is -2.39. The van der Waals surface area contributed by atoms with Crippen molar-refractivity contribution in [1.29, 1.82) is 5.26 Å². The molecule has 0 radical (unpaired) electrons. The van der Waals surface area contributed by atoms with Gasteiger partial charge in [0.1, 0.15) is 16.7 Å². The number of hydrogen-bond acceptors (Lipinski definition) is 6. The Morgan fingerprint density at radius 1 is 0.949 bits per heavy atom. The van der Waals surface area contributed by atoms with Crippen molar-refractivity contribution in [2.75, 3.05) is 6.26 Å². The summed E-state index contributed by atoms with van der Waals surface area (Å²) < 4.78 is 56.8. The van der Waals surface area contributed by atoms with Crippen LogP contribution in [0.4, 0.5) is 8.78 Å². The van der Waals surface area contributed by atoms with Crippen LogP contribution in [0.1, 0.15) is 54.6 Å². The van der Waals surface area contributed by atoms with Crippen LogP contribution >= 0.6 is 0 Å². The molecule has 0 atom stereocenters. The minimum absolute atomic E-state index is 0.0579. The first-order valence-corrected chi connectivity index (χ1v) is 14.6. The number of alkyl halides is 2. The number of hydrogen-bond donors (Lipinski definition) is 2. The number of carbonyl (C=O) groups is 2. The van der Waals surface area contributed by atoms with Crippen LogP contribution in [0.5, 0.6) is 0 Å². The molecule has 204 valence electrons. The number of rotatable bonds is 7. The predicted octanol–water partition coefficient (Wildman–Crippen LogP) is 4.49. The molecule has 1 aromatic heterocycles. The van der Waals surface area contributed by atoms with Crippen LogP contribution in [-0.2, 0) is 20.4 Å². The Balaban J connectivity index is 1.37. The lowest BCUT2D eigenvalue weighted by Crippen LogP contribution is -2.62. The number of sulfone groups is 1. The number of carbonyl (C=O) groups excluding carboxylic acids is 2. The number of halogens is 2. The quantitative estimate of drug-likeness (QED) is 0.442. The maximum absolute atomic E-state index is 14.0. The maximum atomic E-state index is 14.0. The van der Waals surface area contributed by atoms with Gasteiger partial charge in [-0.15, -0.1) is 0 Å². The molecular weight excluding hydrogens is 528 g/mol. The van der Waals surface area contributed by atoms with Crippen molar-refractivity contribution < 1.29 is 31.2 Å². The first kappa shape index (κ1) is 26.8. The van der Waals surface area contributed by atoms with Gasteiger partial charge in [0.25, 0.3) is 5.91 Å². The van der Waals surface area contributed by atoms with E-state index in [1.165, 1.54) is 12.3 Å². The second kappa shape index (κ2) is 9.45. The van der Waals surface area contributed by atoms with Gasteiger partial charge >= 0.3 is 0 Å². The fourth-order valence-corrected chi connectivity index (χ4v) is 5.67. The molecule has 3 aromatic rings. The van der Waals surface area contributed by atoms with Crippen molar-refractivity contribution in [1.82, 2.24) is 10.6 Å². The number of nitrogens with zero attached hydrogens (tertiary/aromatic N) is 1. The van der Waals surface area contributed by atoms with E-state index in [0.717, 1.165) is 11.1 Å². The minimum Gasteiger partial charge on any atom is -0.451 e. The lowest BCUT2D eigenvalue weighted by molar-refractivity contribution is -0.133. The van der Waals surface area contributed by atoms with E-state index in [4.69, 9.17) is 4.42 Å². The molecule has 2 saturated carbocycles. The summed E-state index contributed by atoms with van der Waals surface area (Å²) in [6.07, 6.45) is 0.466. The highest BCUT2D eigenvalue weighted by atomic mass is 32.2. The van der Waals surface area contributed by atoms with E-state index in [1.54, 1.807) is 36.4 Å². The Labute approximate surface area is 224 Å². The van der Waals surface area contributed by atoms with E-state index in [-0.39, 0.29) is 24.4 Å². The standard InChI is InChI=1S/C28H27F2N3O5S/c1-39(36,37)16-18-2-4-19(5-3-18)20-6-7-21-15-23(38-22(21)14-20)24(34)32-27(10-12-28(29,30)13-11-27)25(35)33-26(17-31)8-9-26/h2-7,14-15H,8-13,16H2,1H3,(H,32,34)(H,33,35). The molecule has 2 aliphatic carbocycles. The fourth-order valence-electron chi connectivity index (χ4n) is 4.88. The fraction of sp³-hybridized carbons (Fsp3) is 0.393. The molecule has 2 amide bonds. The summed E-state index contributed by atoms with van der Waals surface area (Å²) in [6.45, 7) is 0. The highest BCUT2D eigenvalue weighted by molar-refractivity contribution is 7.89. The molecule has 2 fully saturated rings. The second-order valence-corrected chi connectivity index (χ2v) is 12.8. The van der Waals surface area contributed by atoms with Gasteiger partial charge in [0, 0.05) is 24.5 Å². The average Bonchev–Trinajstić information content (AvgIpc) is 3.51. The minimum atomic E-state index is -3.15. The molecule has 0 saturated heterocycles. The molecule has 0 bridgehead atoms.